The van der Waals surface area contributed by atoms with E-state index in [1.807, 2.05) is 35.1 Å². The molecule has 0 unspecified atom stereocenters. The van der Waals surface area contributed by atoms with Crippen molar-refractivity contribution < 1.29 is 0 Å². The third-order valence-electron chi connectivity index (χ3n) is 6.23. The minimum atomic E-state index is 0. The summed E-state index contributed by atoms with van der Waals surface area (Å²) in [5, 5.41) is 11.5. The second-order valence-electron chi connectivity index (χ2n) is 8.90. The first kappa shape index (κ1) is 29.4. The molecule has 204 valence electrons. The van der Waals surface area contributed by atoms with Crippen molar-refractivity contribution in [3.8, 4) is 0 Å². The van der Waals surface area contributed by atoms with Gasteiger partial charge in [-0.3, -0.25) is 4.68 Å². The highest BCUT2D eigenvalue weighted by molar-refractivity contribution is 14.1. The van der Waals surface area contributed by atoms with Crippen LogP contribution in [0.1, 0.15) is 5.56 Å². The van der Waals surface area contributed by atoms with Crippen molar-refractivity contribution in [3.63, 3.8) is 0 Å². The molecule has 4 aromatic carbocycles. The van der Waals surface area contributed by atoms with Gasteiger partial charge in [-0.1, -0.05) is 41.9 Å². The average Bonchev–Trinajstić information content (AvgIpc) is 3.35. The minimum Gasteiger partial charge on any atom is -0.340 e. The van der Waals surface area contributed by atoms with E-state index < -0.39 is 0 Å². The van der Waals surface area contributed by atoms with Gasteiger partial charge in [-0.25, -0.2) is 19.9 Å². The molecule has 3 heterocycles. The Hall–Kier alpha value is -3.13. The van der Waals surface area contributed by atoms with Gasteiger partial charge in [0.05, 0.1) is 29.3 Å². The van der Waals surface area contributed by atoms with Crippen molar-refractivity contribution in [1.82, 2.24) is 29.7 Å². The second kappa shape index (κ2) is 13.2. The molecule has 0 saturated carbocycles. The van der Waals surface area contributed by atoms with E-state index in [4.69, 9.17) is 11.6 Å². The quantitative estimate of drug-likeness (QED) is 0.142. The molecule has 0 amide bonds. The van der Waals surface area contributed by atoms with Gasteiger partial charge >= 0.3 is 0 Å². The topological polar surface area (TPSA) is 81.4 Å². The SMILES string of the molecule is Cl.Clc1ncnc2cc(I)ccc12.Ic1ccc2c(Nc3ccc4c(cnn4Cc4ccccc4)c3)ncnc2c1. The van der Waals surface area contributed by atoms with Crippen molar-refractivity contribution >= 4 is 113 Å². The van der Waals surface area contributed by atoms with Crippen LogP contribution in [0.4, 0.5) is 11.5 Å². The van der Waals surface area contributed by atoms with Gasteiger partial charge in [0.15, 0.2) is 0 Å². The van der Waals surface area contributed by atoms with E-state index in [9.17, 15) is 0 Å². The molecule has 0 aliphatic heterocycles. The zero-order valence-corrected chi connectivity index (χ0v) is 27.1. The Bertz CT molecular complexity index is 1970. The smallest absolute Gasteiger partial charge is 0.141 e. The van der Waals surface area contributed by atoms with Crippen molar-refractivity contribution in [3.05, 3.63) is 122 Å². The van der Waals surface area contributed by atoms with E-state index in [2.05, 4.69) is 136 Å². The van der Waals surface area contributed by atoms with Gasteiger partial charge in [0.1, 0.15) is 23.6 Å². The summed E-state index contributed by atoms with van der Waals surface area (Å²) in [5.41, 5.74) is 5.14. The van der Waals surface area contributed by atoms with Crippen molar-refractivity contribution in [2.75, 3.05) is 5.32 Å². The number of aromatic nitrogens is 6. The predicted octanol–water partition coefficient (Wildman–Crippen LogP) is 8.69. The fourth-order valence-electron chi connectivity index (χ4n) is 4.31. The molecule has 1 N–H and O–H groups in total. The van der Waals surface area contributed by atoms with Crippen LogP contribution in [0.15, 0.2) is 104 Å². The largest absolute Gasteiger partial charge is 0.340 e. The molecule has 0 atom stereocenters. The van der Waals surface area contributed by atoms with Crippen LogP contribution in [-0.4, -0.2) is 29.7 Å². The Kier molecular flexibility index (Phi) is 9.48. The molecule has 0 fully saturated rings. The summed E-state index contributed by atoms with van der Waals surface area (Å²) in [6, 6.07) is 28.7. The van der Waals surface area contributed by atoms with E-state index in [1.165, 1.54) is 11.9 Å². The van der Waals surface area contributed by atoms with Crippen LogP contribution in [0, 0.1) is 7.14 Å². The van der Waals surface area contributed by atoms with E-state index in [-0.39, 0.29) is 12.4 Å². The lowest BCUT2D eigenvalue weighted by Gasteiger charge is -2.09. The van der Waals surface area contributed by atoms with Crippen LogP contribution in [0.3, 0.4) is 0 Å². The number of fused-ring (bicyclic) bond motifs is 3. The van der Waals surface area contributed by atoms with Gasteiger partial charge < -0.3 is 5.32 Å². The summed E-state index contributed by atoms with van der Waals surface area (Å²) < 4.78 is 4.33. The van der Waals surface area contributed by atoms with Crippen LogP contribution in [0.2, 0.25) is 5.15 Å². The molecule has 7 rings (SSSR count). The van der Waals surface area contributed by atoms with Crippen LogP contribution in [-0.2, 0) is 6.54 Å². The number of nitrogens with one attached hydrogen (secondary N) is 1. The van der Waals surface area contributed by atoms with E-state index >= 15 is 0 Å². The molecule has 0 aliphatic rings. The molecule has 0 spiro atoms. The fourth-order valence-corrected chi connectivity index (χ4v) is 5.46. The molecule has 0 radical (unpaired) electrons. The minimum absolute atomic E-state index is 0. The second-order valence-corrected chi connectivity index (χ2v) is 11.7. The summed E-state index contributed by atoms with van der Waals surface area (Å²) in [5.74, 6) is 0.803. The number of anilines is 2. The van der Waals surface area contributed by atoms with Crippen LogP contribution < -0.4 is 5.32 Å². The first-order valence-electron chi connectivity index (χ1n) is 12.3. The van der Waals surface area contributed by atoms with Crippen molar-refractivity contribution in [1.29, 1.82) is 0 Å². The standard InChI is InChI=1S/C22H16IN5.C8H4ClIN2.ClH/c23-17-6-8-19-20(11-17)24-14-25-22(19)27-18-7-9-21-16(10-18)12-26-28(21)13-15-4-2-1-3-5-15;9-8-6-2-1-5(10)3-7(6)11-4-12-8;/h1-12,14H,13H2,(H,24,25,27);1-4H;1H. The summed E-state index contributed by atoms with van der Waals surface area (Å²) in [6.45, 7) is 0.756. The molecule has 0 bridgehead atoms. The molecule has 7 nitrogen and oxygen atoms in total. The van der Waals surface area contributed by atoms with Crippen LogP contribution in [0.25, 0.3) is 32.7 Å². The van der Waals surface area contributed by atoms with Gasteiger partial charge in [0.2, 0.25) is 0 Å². The van der Waals surface area contributed by atoms with Crippen LogP contribution >= 0.6 is 69.2 Å². The summed E-state index contributed by atoms with van der Waals surface area (Å²) in [6.07, 6.45) is 4.97. The van der Waals surface area contributed by atoms with Gasteiger partial charge in [-0.05, 0) is 105 Å². The lowest BCUT2D eigenvalue weighted by molar-refractivity contribution is 0.712. The maximum Gasteiger partial charge on any atom is 0.141 e. The van der Waals surface area contributed by atoms with Crippen LogP contribution in [0.5, 0.6) is 0 Å². The number of hydrogen-bond acceptors (Lipinski definition) is 6. The first-order chi connectivity index (χ1) is 19.5. The molecule has 7 aromatic rings. The zero-order valence-electron chi connectivity index (χ0n) is 21.2. The lowest BCUT2D eigenvalue weighted by atomic mass is 10.2. The maximum atomic E-state index is 5.86. The average molecular weight is 804 g/mol. The Morgan fingerprint density at radius 3 is 2.17 bits per heavy atom. The van der Waals surface area contributed by atoms with E-state index in [0.29, 0.717) is 5.15 Å². The normalized spacial score (nSPS) is 10.7. The summed E-state index contributed by atoms with van der Waals surface area (Å²) in [4.78, 5) is 16.8. The first-order valence-corrected chi connectivity index (χ1v) is 14.8. The Morgan fingerprint density at radius 1 is 0.732 bits per heavy atom. The molecular weight excluding hydrogens is 783 g/mol. The van der Waals surface area contributed by atoms with Gasteiger partial charge in [0, 0.05) is 29.0 Å². The highest BCUT2D eigenvalue weighted by Crippen LogP contribution is 2.27. The maximum absolute atomic E-state index is 5.86. The van der Waals surface area contributed by atoms with Crippen molar-refractivity contribution in [2.45, 2.75) is 6.54 Å². The van der Waals surface area contributed by atoms with Gasteiger partial charge in [-0.15, -0.1) is 12.4 Å². The molecule has 3 aromatic heterocycles. The Morgan fingerprint density at radius 2 is 1.41 bits per heavy atom. The number of halogens is 4. The molecule has 41 heavy (non-hydrogen) atoms. The molecule has 11 heteroatoms. The Labute approximate surface area is 274 Å². The van der Waals surface area contributed by atoms with Crippen molar-refractivity contribution in [2.24, 2.45) is 0 Å². The van der Waals surface area contributed by atoms with Gasteiger partial charge in [-0.2, -0.15) is 5.10 Å². The lowest BCUT2D eigenvalue weighted by Crippen LogP contribution is -2.01. The fraction of sp³-hybridized carbons (Fsp3) is 0.0333. The Balaban J connectivity index is 0.000000218. The highest BCUT2D eigenvalue weighted by Gasteiger charge is 2.08. The van der Waals surface area contributed by atoms with E-state index in [0.717, 1.165) is 57.9 Å². The summed E-state index contributed by atoms with van der Waals surface area (Å²) >= 11 is 10.4. The highest BCUT2D eigenvalue weighted by atomic mass is 127. The third-order valence-corrected chi connectivity index (χ3v) is 7.87. The monoisotopic (exact) mass is 803 g/mol. The van der Waals surface area contributed by atoms with Gasteiger partial charge in [0.25, 0.3) is 0 Å². The summed E-state index contributed by atoms with van der Waals surface area (Å²) in [7, 11) is 0. The number of hydrogen-bond donors (Lipinski definition) is 1. The predicted molar refractivity (Wildman–Crippen MR) is 185 cm³/mol. The number of benzene rings is 4. The molecule has 0 aliphatic carbocycles. The van der Waals surface area contributed by atoms with E-state index in [1.54, 1.807) is 6.33 Å². The molecule has 0 saturated heterocycles. The number of nitrogens with zero attached hydrogens (tertiary/aromatic N) is 6. The number of rotatable bonds is 4. The third kappa shape index (κ3) is 6.85. The zero-order chi connectivity index (χ0) is 27.5. The molecular formula is C30H21Cl2I2N7.